The van der Waals surface area contributed by atoms with Crippen molar-refractivity contribution in [2.75, 3.05) is 6.54 Å². The largest absolute Gasteiger partial charge is 0.406 e. The number of nitro benzene ring substituents is 1. The van der Waals surface area contributed by atoms with Crippen LogP contribution in [0.4, 0.5) is 18.9 Å². The SMILES string of the molecule is Cc1ccc(C)c(C(=O)N(Cc2ccccc2[N+](=O)[O-])CC(F)(F)F)c1. The Labute approximate surface area is 148 Å². The van der Waals surface area contributed by atoms with Crippen molar-refractivity contribution in [1.82, 2.24) is 4.90 Å². The molecular formula is C18H17F3N2O3. The molecule has 0 bridgehead atoms. The Balaban J connectivity index is 2.43. The summed E-state index contributed by atoms with van der Waals surface area (Å²) in [5.41, 5.74) is 1.13. The van der Waals surface area contributed by atoms with E-state index < -0.39 is 30.1 Å². The molecule has 2 aromatic carbocycles. The third kappa shape index (κ3) is 4.81. The van der Waals surface area contributed by atoms with Gasteiger partial charge in [0.25, 0.3) is 11.6 Å². The van der Waals surface area contributed by atoms with Gasteiger partial charge >= 0.3 is 6.18 Å². The number of para-hydroxylation sites is 1. The Morgan fingerprint density at radius 3 is 2.42 bits per heavy atom. The summed E-state index contributed by atoms with van der Waals surface area (Å²) in [6.45, 7) is 1.35. The molecule has 0 aliphatic rings. The summed E-state index contributed by atoms with van der Waals surface area (Å²) in [6, 6.07) is 10.4. The maximum atomic E-state index is 13.0. The third-order valence-electron chi connectivity index (χ3n) is 3.83. The van der Waals surface area contributed by atoms with Gasteiger partial charge in [-0.2, -0.15) is 13.2 Å². The highest BCUT2D eigenvalue weighted by molar-refractivity contribution is 5.96. The Bertz CT molecular complexity index is 835. The molecular weight excluding hydrogens is 349 g/mol. The molecule has 0 aliphatic carbocycles. The zero-order valence-corrected chi connectivity index (χ0v) is 14.2. The second-order valence-electron chi connectivity index (χ2n) is 5.98. The Morgan fingerprint density at radius 1 is 1.15 bits per heavy atom. The van der Waals surface area contributed by atoms with Crippen LogP contribution in [-0.4, -0.2) is 28.5 Å². The number of hydrogen-bond acceptors (Lipinski definition) is 3. The van der Waals surface area contributed by atoms with Crippen molar-refractivity contribution >= 4 is 11.6 Å². The lowest BCUT2D eigenvalue weighted by Crippen LogP contribution is -2.39. The van der Waals surface area contributed by atoms with Crippen molar-refractivity contribution in [3.63, 3.8) is 0 Å². The van der Waals surface area contributed by atoms with E-state index in [-0.39, 0.29) is 16.8 Å². The predicted molar refractivity (Wildman–Crippen MR) is 89.8 cm³/mol. The lowest BCUT2D eigenvalue weighted by molar-refractivity contribution is -0.385. The fourth-order valence-corrected chi connectivity index (χ4v) is 2.58. The van der Waals surface area contributed by atoms with Gasteiger partial charge in [0.2, 0.25) is 0 Å². The molecule has 5 nitrogen and oxygen atoms in total. The minimum atomic E-state index is -4.63. The molecule has 8 heteroatoms. The van der Waals surface area contributed by atoms with Crippen LogP contribution in [0, 0.1) is 24.0 Å². The summed E-state index contributed by atoms with van der Waals surface area (Å²) >= 11 is 0. The number of alkyl halides is 3. The zero-order chi connectivity index (χ0) is 19.5. The van der Waals surface area contributed by atoms with Gasteiger partial charge in [0, 0.05) is 17.2 Å². The molecule has 0 atom stereocenters. The summed E-state index contributed by atoms with van der Waals surface area (Å²) in [7, 11) is 0. The second kappa shape index (κ2) is 7.55. The maximum absolute atomic E-state index is 13.0. The molecule has 0 N–H and O–H groups in total. The van der Waals surface area contributed by atoms with Crippen LogP contribution in [0.2, 0.25) is 0 Å². The van der Waals surface area contributed by atoms with Crippen molar-refractivity contribution in [2.24, 2.45) is 0 Å². The fourth-order valence-electron chi connectivity index (χ4n) is 2.58. The van der Waals surface area contributed by atoms with Crippen LogP contribution < -0.4 is 0 Å². The van der Waals surface area contributed by atoms with Gasteiger partial charge < -0.3 is 4.90 Å². The minimum absolute atomic E-state index is 0.0420. The van der Waals surface area contributed by atoms with Crippen molar-refractivity contribution in [3.05, 3.63) is 74.8 Å². The highest BCUT2D eigenvalue weighted by Crippen LogP contribution is 2.25. The molecule has 2 rings (SSSR count). The molecule has 0 spiro atoms. The van der Waals surface area contributed by atoms with Crippen molar-refractivity contribution < 1.29 is 22.9 Å². The minimum Gasteiger partial charge on any atom is -0.325 e. The third-order valence-corrected chi connectivity index (χ3v) is 3.83. The lowest BCUT2D eigenvalue weighted by Gasteiger charge is -2.25. The smallest absolute Gasteiger partial charge is 0.325 e. The Morgan fingerprint density at radius 2 is 1.81 bits per heavy atom. The number of carbonyl (C=O) groups is 1. The van der Waals surface area contributed by atoms with Gasteiger partial charge in [-0.25, -0.2) is 0 Å². The number of carbonyl (C=O) groups excluding carboxylic acids is 1. The van der Waals surface area contributed by atoms with Gasteiger partial charge in [-0.15, -0.1) is 0 Å². The molecule has 0 fully saturated rings. The van der Waals surface area contributed by atoms with E-state index in [1.807, 2.05) is 0 Å². The number of benzene rings is 2. The molecule has 26 heavy (non-hydrogen) atoms. The molecule has 0 radical (unpaired) electrons. The number of hydrogen-bond donors (Lipinski definition) is 0. The van der Waals surface area contributed by atoms with Gasteiger partial charge in [-0.05, 0) is 25.5 Å². The van der Waals surface area contributed by atoms with Crippen molar-refractivity contribution in [1.29, 1.82) is 0 Å². The molecule has 2 aromatic rings. The molecule has 0 heterocycles. The van der Waals surface area contributed by atoms with E-state index in [0.29, 0.717) is 10.5 Å². The van der Waals surface area contributed by atoms with E-state index in [4.69, 9.17) is 0 Å². The molecule has 0 unspecified atom stereocenters. The number of amides is 1. The Hall–Kier alpha value is -2.90. The van der Waals surface area contributed by atoms with Crippen molar-refractivity contribution in [2.45, 2.75) is 26.6 Å². The number of halogens is 3. The summed E-state index contributed by atoms with van der Waals surface area (Å²) in [5, 5.41) is 11.1. The van der Waals surface area contributed by atoms with E-state index in [9.17, 15) is 28.1 Å². The highest BCUT2D eigenvalue weighted by atomic mass is 19.4. The first-order chi connectivity index (χ1) is 12.1. The maximum Gasteiger partial charge on any atom is 0.406 e. The summed E-state index contributed by atoms with van der Waals surface area (Å²) in [4.78, 5) is 23.8. The quantitative estimate of drug-likeness (QED) is 0.581. The van der Waals surface area contributed by atoms with Gasteiger partial charge in [-0.1, -0.05) is 35.9 Å². The zero-order valence-electron chi connectivity index (χ0n) is 14.2. The van der Waals surface area contributed by atoms with Crippen LogP contribution in [0.3, 0.4) is 0 Å². The van der Waals surface area contributed by atoms with Gasteiger partial charge in [0.15, 0.2) is 0 Å². The topological polar surface area (TPSA) is 63.5 Å². The normalized spacial score (nSPS) is 11.3. The van der Waals surface area contributed by atoms with Crippen LogP contribution in [0.5, 0.6) is 0 Å². The summed E-state index contributed by atoms with van der Waals surface area (Å²) < 4.78 is 39.0. The highest BCUT2D eigenvalue weighted by Gasteiger charge is 2.34. The fraction of sp³-hybridized carbons (Fsp3) is 0.278. The molecule has 1 amide bonds. The van der Waals surface area contributed by atoms with Crippen LogP contribution >= 0.6 is 0 Å². The standard InChI is InChI=1S/C18H17F3N2O3/c1-12-7-8-13(2)15(9-12)17(24)22(11-18(19,20)21)10-14-5-3-4-6-16(14)23(25)26/h3-9H,10-11H2,1-2H3. The first-order valence-electron chi connectivity index (χ1n) is 7.74. The van der Waals surface area contributed by atoms with Crippen LogP contribution in [0.1, 0.15) is 27.0 Å². The first kappa shape index (κ1) is 19.4. The van der Waals surface area contributed by atoms with E-state index in [1.54, 1.807) is 26.0 Å². The summed E-state index contributed by atoms with van der Waals surface area (Å²) in [5.74, 6) is -0.818. The van der Waals surface area contributed by atoms with Crippen molar-refractivity contribution in [3.8, 4) is 0 Å². The summed E-state index contributed by atoms with van der Waals surface area (Å²) in [6.07, 6.45) is -4.63. The molecule has 0 saturated carbocycles. The number of nitrogens with zero attached hydrogens (tertiary/aromatic N) is 2. The van der Waals surface area contributed by atoms with Gasteiger partial charge in [0.1, 0.15) is 6.54 Å². The molecule has 0 saturated heterocycles. The van der Waals surface area contributed by atoms with Gasteiger partial charge in [0.05, 0.1) is 11.5 Å². The van der Waals surface area contributed by atoms with Gasteiger partial charge in [-0.3, -0.25) is 14.9 Å². The monoisotopic (exact) mass is 366 g/mol. The van der Waals surface area contributed by atoms with E-state index in [0.717, 1.165) is 5.56 Å². The first-order valence-corrected chi connectivity index (χ1v) is 7.74. The van der Waals surface area contributed by atoms with Crippen LogP contribution in [0.15, 0.2) is 42.5 Å². The average Bonchev–Trinajstić information content (AvgIpc) is 2.55. The predicted octanol–water partition coefficient (Wildman–Crippen LogP) is 4.42. The number of aryl methyl sites for hydroxylation is 2. The average molecular weight is 366 g/mol. The van der Waals surface area contributed by atoms with E-state index in [2.05, 4.69) is 0 Å². The molecule has 0 aliphatic heterocycles. The molecule has 0 aromatic heterocycles. The lowest BCUT2D eigenvalue weighted by atomic mass is 10.0. The van der Waals surface area contributed by atoms with E-state index >= 15 is 0 Å². The van der Waals surface area contributed by atoms with E-state index in [1.165, 1.54) is 30.3 Å². The number of nitro groups is 1. The number of rotatable bonds is 5. The van der Waals surface area contributed by atoms with Crippen LogP contribution in [-0.2, 0) is 6.54 Å². The second-order valence-corrected chi connectivity index (χ2v) is 5.98. The Kier molecular flexibility index (Phi) is 5.64. The molecule has 138 valence electrons. The van der Waals surface area contributed by atoms with Crippen LogP contribution in [0.25, 0.3) is 0 Å².